The molecular formula is C19H20N4O2. The summed E-state index contributed by atoms with van der Waals surface area (Å²) in [6.07, 6.45) is 3.02. The minimum atomic E-state index is -0.500. The number of amides is 1. The fourth-order valence-corrected chi connectivity index (χ4v) is 2.44. The number of hydrogen-bond donors (Lipinski definition) is 3. The number of benzene rings is 1. The molecule has 2 aliphatic rings. The molecule has 0 saturated carbocycles. The molecule has 25 heavy (non-hydrogen) atoms. The normalized spacial score (nSPS) is 21.7. The third-order valence-corrected chi connectivity index (χ3v) is 3.63. The lowest BCUT2D eigenvalue weighted by Gasteiger charge is -2.21. The van der Waals surface area contributed by atoms with E-state index in [-0.39, 0.29) is 28.7 Å². The molecule has 1 amide bonds. The topological polar surface area (TPSA) is 86.1 Å². The Morgan fingerprint density at radius 2 is 1.92 bits per heavy atom. The van der Waals surface area contributed by atoms with Crippen molar-refractivity contribution in [1.82, 2.24) is 10.6 Å². The van der Waals surface area contributed by atoms with E-state index < -0.39 is 5.91 Å². The predicted octanol–water partition coefficient (Wildman–Crippen LogP) is 2.89. The average molecular weight is 337 g/mol. The van der Waals surface area contributed by atoms with Crippen molar-refractivity contribution in [2.45, 2.75) is 20.8 Å². The molecule has 0 radical (unpaired) electrons. The van der Waals surface area contributed by atoms with Crippen LogP contribution < -0.4 is 10.6 Å². The van der Waals surface area contributed by atoms with Crippen molar-refractivity contribution in [3.63, 3.8) is 0 Å². The molecule has 0 atom stereocenters. The number of nitrogens with zero attached hydrogens (tertiary/aromatic N) is 2. The Bertz CT molecular complexity index is 903. The first-order valence-corrected chi connectivity index (χ1v) is 7.88. The van der Waals surface area contributed by atoms with Crippen LogP contribution in [-0.2, 0) is 4.79 Å². The second kappa shape index (κ2) is 6.39. The Labute approximate surface area is 147 Å². The highest BCUT2D eigenvalue weighted by Crippen LogP contribution is 2.26. The largest absolute Gasteiger partial charge is 0.493 e. The van der Waals surface area contributed by atoms with Gasteiger partial charge in [0.15, 0.2) is 0 Å². The highest BCUT2D eigenvalue weighted by atomic mass is 16.3. The molecule has 2 aliphatic heterocycles. The van der Waals surface area contributed by atoms with Crippen LogP contribution in [0.25, 0.3) is 6.05 Å². The van der Waals surface area contributed by atoms with Gasteiger partial charge in [0.2, 0.25) is 5.88 Å². The van der Waals surface area contributed by atoms with E-state index >= 15 is 0 Å². The molecule has 1 aromatic rings. The lowest BCUT2D eigenvalue weighted by molar-refractivity contribution is -0.117. The molecule has 1 aromatic carbocycles. The summed E-state index contributed by atoms with van der Waals surface area (Å²) in [6, 6.07) is 8.83. The molecule has 2 heterocycles. The summed E-state index contributed by atoms with van der Waals surface area (Å²) in [7, 11) is 0. The molecule has 0 unspecified atom stereocenters. The molecule has 0 saturated heterocycles. The standard InChI is InChI=1S/C19H20N4O2/c1-19(2,3)16-13(20-11-21-16)10-15-18(25)22-14(17(24)23-15)9-12-7-5-4-6-8-12/h4-11,22,25H,1-3H3,(H,23,24)/b13-10?,14-9-/i9D. The van der Waals surface area contributed by atoms with Gasteiger partial charge in [-0.2, -0.15) is 0 Å². The van der Waals surface area contributed by atoms with Crippen LogP contribution in [0.2, 0.25) is 0 Å². The van der Waals surface area contributed by atoms with Crippen LogP contribution in [0.1, 0.15) is 27.7 Å². The van der Waals surface area contributed by atoms with E-state index in [1.54, 1.807) is 30.3 Å². The third kappa shape index (κ3) is 3.68. The number of carbonyl (C=O) groups excluding carboxylic acids is 1. The summed E-state index contributed by atoms with van der Waals surface area (Å²) in [5.41, 5.74) is 1.85. The quantitative estimate of drug-likeness (QED) is 0.725. The number of carbonyl (C=O) groups is 1. The van der Waals surface area contributed by atoms with Gasteiger partial charge in [-0.1, -0.05) is 51.1 Å². The number of aliphatic hydroxyl groups is 1. The maximum Gasteiger partial charge on any atom is 0.272 e. The zero-order valence-corrected chi connectivity index (χ0v) is 14.3. The van der Waals surface area contributed by atoms with Crippen molar-refractivity contribution < 1.29 is 11.3 Å². The highest BCUT2D eigenvalue weighted by molar-refractivity contribution is 6.11. The molecule has 6 heteroatoms. The smallest absolute Gasteiger partial charge is 0.272 e. The van der Waals surface area contributed by atoms with Gasteiger partial charge in [0.05, 0.1) is 12.8 Å². The lowest BCUT2D eigenvalue weighted by Crippen LogP contribution is -2.38. The van der Waals surface area contributed by atoms with Crippen molar-refractivity contribution in [3.8, 4) is 0 Å². The van der Waals surface area contributed by atoms with Crippen LogP contribution >= 0.6 is 0 Å². The zero-order valence-electron chi connectivity index (χ0n) is 15.3. The Balaban J connectivity index is 1.94. The summed E-state index contributed by atoms with van der Waals surface area (Å²) in [5.74, 6) is -0.747. The molecular weight excluding hydrogens is 316 g/mol. The minimum Gasteiger partial charge on any atom is -0.493 e. The Kier molecular flexibility index (Phi) is 3.93. The van der Waals surface area contributed by atoms with E-state index in [4.69, 9.17) is 1.37 Å². The van der Waals surface area contributed by atoms with Gasteiger partial charge in [0, 0.05) is 5.41 Å². The van der Waals surface area contributed by atoms with Gasteiger partial charge in [-0.3, -0.25) is 4.79 Å². The van der Waals surface area contributed by atoms with E-state index in [0.717, 1.165) is 5.71 Å². The Morgan fingerprint density at radius 3 is 2.60 bits per heavy atom. The van der Waals surface area contributed by atoms with Crippen LogP contribution in [0.3, 0.4) is 0 Å². The third-order valence-electron chi connectivity index (χ3n) is 3.63. The monoisotopic (exact) mass is 337 g/mol. The van der Waals surface area contributed by atoms with Crippen molar-refractivity contribution in [2.75, 3.05) is 0 Å². The molecule has 3 N–H and O–H groups in total. The molecule has 0 aromatic heterocycles. The van der Waals surface area contributed by atoms with E-state index in [1.165, 1.54) is 6.34 Å². The maximum absolute atomic E-state index is 12.4. The average Bonchev–Trinajstić information content (AvgIpc) is 3.06. The van der Waals surface area contributed by atoms with Gasteiger partial charge in [0.25, 0.3) is 5.91 Å². The molecule has 0 spiro atoms. The number of rotatable bonds is 2. The van der Waals surface area contributed by atoms with Crippen LogP contribution in [0.15, 0.2) is 69.4 Å². The van der Waals surface area contributed by atoms with Crippen LogP contribution in [0.4, 0.5) is 0 Å². The van der Waals surface area contributed by atoms with Crippen LogP contribution in [0.5, 0.6) is 0 Å². The second-order valence-electron chi connectivity index (χ2n) is 6.71. The molecule has 3 rings (SSSR count). The first-order valence-electron chi connectivity index (χ1n) is 8.38. The van der Waals surface area contributed by atoms with Crippen LogP contribution in [0, 0.1) is 5.41 Å². The van der Waals surface area contributed by atoms with Crippen LogP contribution in [-0.4, -0.2) is 23.1 Å². The minimum absolute atomic E-state index is 0.00261. The van der Waals surface area contributed by atoms with E-state index in [9.17, 15) is 9.90 Å². The number of aliphatic hydroxyl groups excluding tert-OH is 1. The summed E-state index contributed by atoms with van der Waals surface area (Å²) >= 11 is 0. The first-order chi connectivity index (χ1) is 12.3. The van der Waals surface area contributed by atoms with Gasteiger partial charge in [-0.05, 0) is 17.7 Å². The Morgan fingerprint density at radius 1 is 1.20 bits per heavy atom. The number of aliphatic imine (C=N–C) groups is 2. The maximum atomic E-state index is 12.4. The number of hydrogen-bond acceptors (Lipinski definition) is 5. The summed E-state index contributed by atoms with van der Waals surface area (Å²) in [5, 5.41) is 15.5. The van der Waals surface area contributed by atoms with Gasteiger partial charge < -0.3 is 15.7 Å². The summed E-state index contributed by atoms with van der Waals surface area (Å²) in [4.78, 5) is 20.9. The molecule has 0 aliphatic carbocycles. The Hall–Kier alpha value is -3.15. The lowest BCUT2D eigenvalue weighted by atomic mass is 9.88. The summed E-state index contributed by atoms with van der Waals surface area (Å²) < 4.78 is 8.20. The summed E-state index contributed by atoms with van der Waals surface area (Å²) in [6.45, 7) is 6.02. The van der Waals surface area contributed by atoms with Crippen molar-refractivity contribution >= 4 is 24.0 Å². The van der Waals surface area contributed by atoms with E-state index in [0.29, 0.717) is 11.3 Å². The second-order valence-corrected chi connectivity index (χ2v) is 6.71. The van der Waals surface area contributed by atoms with Crippen molar-refractivity contribution in [2.24, 2.45) is 15.4 Å². The van der Waals surface area contributed by atoms with Crippen molar-refractivity contribution in [1.29, 1.82) is 0 Å². The molecule has 0 bridgehead atoms. The molecule has 6 nitrogen and oxygen atoms in total. The van der Waals surface area contributed by atoms with E-state index in [2.05, 4.69) is 20.6 Å². The van der Waals surface area contributed by atoms with Gasteiger partial charge in [-0.15, -0.1) is 0 Å². The fraction of sp³-hybridized carbons (Fsp3) is 0.211. The number of nitrogens with one attached hydrogen (secondary N) is 2. The molecule has 128 valence electrons. The SMILES string of the molecule is [2H]/C(=C1/NC(O)=C(C=C2N=CN=C2C(C)(C)C)NC1=O)c1ccccc1. The predicted molar refractivity (Wildman–Crippen MR) is 98.8 cm³/mol. The van der Waals surface area contributed by atoms with Crippen molar-refractivity contribution in [3.05, 3.63) is 64.9 Å². The van der Waals surface area contributed by atoms with Gasteiger partial charge in [0.1, 0.15) is 17.7 Å². The van der Waals surface area contributed by atoms with Gasteiger partial charge in [-0.25, -0.2) is 9.98 Å². The fourth-order valence-electron chi connectivity index (χ4n) is 2.44. The number of allylic oxidation sites excluding steroid dienone is 2. The molecule has 0 fully saturated rings. The van der Waals surface area contributed by atoms with E-state index in [1.807, 2.05) is 26.8 Å². The zero-order chi connectivity index (χ0) is 18.9. The highest BCUT2D eigenvalue weighted by Gasteiger charge is 2.27. The van der Waals surface area contributed by atoms with Gasteiger partial charge >= 0.3 is 0 Å². The first kappa shape index (κ1) is 15.4.